The van der Waals surface area contributed by atoms with Gasteiger partial charge in [-0.2, -0.15) is 0 Å². The van der Waals surface area contributed by atoms with Crippen molar-refractivity contribution in [1.82, 2.24) is 5.32 Å². The van der Waals surface area contributed by atoms with Crippen molar-refractivity contribution in [2.24, 2.45) is 11.7 Å². The molecule has 1 aromatic rings. The average molecular weight is 361 g/mol. The summed E-state index contributed by atoms with van der Waals surface area (Å²) in [4.78, 5) is 25.7. The summed E-state index contributed by atoms with van der Waals surface area (Å²) in [5.41, 5.74) is 7.12. The highest BCUT2D eigenvalue weighted by molar-refractivity contribution is 5.87. The van der Waals surface area contributed by atoms with Gasteiger partial charge in [-0.25, -0.2) is 4.39 Å². The molecule has 3 rings (SSSR count). The van der Waals surface area contributed by atoms with Crippen LogP contribution in [0.3, 0.4) is 0 Å². The minimum Gasteiger partial charge on any atom is -0.368 e. The van der Waals surface area contributed by atoms with Gasteiger partial charge in [0.2, 0.25) is 11.8 Å². The van der Waals surface area contributed by atoms with Crippen molar-refractivity contribution in [2.45, 2.75) is 57.4 Å². The molecule has 1 aliphatic heterocycles. The highest BCUT2D eigenvalue weighted by atomic mass is 19.1. The molecule has 26 heavy (non-hydrogen) atoms. The van der Waals surface area contributed by atoms with Gasteiger partial charge < -0.3 is 16.0 Å². The first-order valence-electron chi connectivity index (χ1n) is 9.65. The van der Waals surface area contributed by atoms with Crippen molar-refractivity contribution in [2.75, 3.05) is 18.0 Å². The van der Waals surface area contributed by atoms with E-state index in [9.17, 15) is 14.0 Å². The van der Waals surface area contributed by atoms with Crippen molar-refractivity contribution in [3.05, 3.63) is 29.6 Å². The lowest BCUT2D eigenvalue weighted by molar-refractivity contribution is -0.121. The van der Waals surface area contributed by atoms with Crippen LogP contribution in [-0.4, -0.2) is 30.9 Å². The molecule has 3 N–H and O–H groups in total. The second-order valence-corrected chi connectivity index (χ2v) is 7.48. The number of halogens is 1. The fourth-order valence-corrected chi connectivity index (χ4v) is 4.23. The Bertz CT molecular complexity index is 658. The van der Waals surface area contributed by atoms with E-state index in [-0.39, 0.29) is 11.7 Å². The molecule has 142 valence electrons. The van der Waals surface area contributed by atoms with Gasteiger partial charge in [0.05, 0.1) is 0 Å². The minimum atomic E-state index is -0.481. The van der Waals surface area contributed by atoms with Crippen LogP contribution in [0.15, 0.2) is 18.2 Å². The van der Waals surface area contributed by atoms with Gasteiger partial charge in [0, 0.05) is 31.6 Å². The number of nitrogens with zero attached hydrogens (tertiary/aromatic N) is 1. The second kappa shape index (κ2) is 8.52. The molecule has 6 heteroatoms. The minimum absolute atomic E-state index is 0.0599. The SMILES string of the molecule is NC(=O)C1Cc2cc(F)ccc2N1CCNC(=O)CCC1CCCCC1. The predicted molar refractivity (Wildman–Crippen MR) is 99.3 cm³/mol. The van der Waals surface area contributed by atoms with Crippen molar-refractivity contribution in [1.29, 1.82) is 0 Å². The molecule has 0 saturated heterocycles. The third-order valence-electron chi connectivity index (χ3n) is 5.65. The van der Waals surface area contributed by atoms with Crippen molar-refractivity contribution >= 4 is 17.5 Å². The molecule has 1 aromatic carbocycles. The molecule has 5 nitrogen and oxygen atoms in total. The number of amides is 2. The van der Waals surface area contributed by atoms with Crippen LogP contribution in [0.25, 0.3) is 0 Å². The zero-order chi connectivity index (χ0) is 18.5. The fraction of sp³-hybridized carbons (Fsp3) is 0.600. The Labute approximate surface area is 154 Å². The Morgan fingerprint density at radius 1 is 1.23 bits per heavy atom. The van der Waals surface area contributed by atoms with E-state index in [4.69, 9.17) is 5.73 Å². The first kappa shape index (κ1) is 18.7. The molecule has 1 unspecified atom stereocenters. The van der Waals surface area contributed by atoms with Gasteiger partial charge in [0.15, 0.2) is 0 Å². The Morgan fingerprint density at radius 3 is 2.73 bits per heavy atom. The summed E-state index contributed by atoms with van der Waals surface area (Å²) < 4.78 is 13.4. The molecule has 1 aliphatic carbocycles. The molecule has 1 atom stereocenters. The molecule has 0 bridgehead atoms. The number of nitrogens with two attached hydrogens (primary N) is 1. The summed E-state index contributed by atoms with van der Waals surface area (Å²) >= 11 is 0. The number of anilines is 1. The highest BCUT2D eigenvalue weighted by Gasteiger charge is 2.33. The maximum absolute atomic E-state index is 13.4. The van der Waals surface area contributed by atoms with E-state index in [1.165, 1.54) is 44.2 Å². The van der Waals surface area contributed by atoms with E-state index >= 15 is 0 Å². The fourth-order valence-electron chi connectivity index (χ4n) is 4.23. The smallest absolute Gasteiger partial charge is 0.240 e. The molecule has 0 radical (unpaired) electrons. The van der Waals surface area contributed by atoms with Crippen molar-refractivity contribution in [3.8, 4) is 0 Å². The Hall–Kier alpha value is -2.11. The standard InChI is InChI=1S/C20H28FN3O2/c21-16-7-8-17-15(12-16)13-18(20(22)26)24(17)11-10-23-19(25)9-6-14-4-2-1-3-5-14/h7-8,12,14,18H,1-6,9-11,13H2,(H2,22,26)(H,23,25). The third-order valence-corrected chi connectivity index (χ3v) is 5.65. The number of benzene rings is 1. The maximum atomic E-state index is 13.4. The number of carbonyl (C=O) groups is 2. The van der Waals surface area contributed by atoms with Crippen LogP contribution in [0.5, 0.6) is 0 Å². The number of hydrogen-bond acceptors (Lipinski definition) is 3. The summed E-state index contributed by atoms with van der Waals surface area (Å²) in [5.74, 6) is 0.00823. The van der Waals surface area contributed by atoms with E-state index in [0.717, 1.165) is 17.7 Å². The van der Waals surface area contributed by atoms with Gasteiger partial charge in [0.1, 0.15) is 11.9 Å². The van der Waals surface area contributed by atoms with Crippen LogP contribution in [-0.2, 0) is 16.0 Å². The van der Waals surface area contributed by atoms with E-state index in [0.29, 0.717) is 31.8 Å². The first-order valence-corrected chi connectivity index (χ1v) is 9.65. The van der Waals surface area contributed by atoms with E-state index in [1.807, 2.05) is 4.90 Å². The van der Waals surface area contributed by atoms with Gasteiger partial charge >= 0.3 is 0 Å². The van der Waals surface area contributed by atoms with E-state index in [1.54, 1.807) is 6.07 Å². The lowest BCUT2D eigenvalue weighted by atomic mass is 9.86. The number of primary amides is 1. The van der Waals surface area contributed by atoms with Crippen LogP contribution in [0, 0.1) is 11.7 Å². The largest absolute Gasteiger partial charge is 0.368 e. The summed E-state index contributed by atoms with van der Waals surface area (Å²) in [7, 11) is 0. The summed E-state index contributed by atoms with van der Waals surface area (Å²) in [5, 5.41) is 2.94. The molecule has 1 fully saturated rings. The summed E-state index contributed by atoms with van der Waals surface area (Å²) in [6, 6.07) is 4.04. The Morgan fingerprint density at radius 2 is 2.00 bits per heavy atom. The molecular formula is C20H28FN3O2. The van der Waals surface area contributed by atoms with Crippen LogP contribution < -0.4 is 16.0 Å². The normalized spacial score (nSPS) is 20.0. The first-order chi connectivity index (χ1) is 12.5. The molecule has 0 spiro atoms. The lowest BCUT2D eigenvalue weighted by Crippen LogP contribution is -2.46. The molecular weight excluding hydrogens is 333 g/mol. The van der Waals surface area contributed by atoms with Crippen molar-refractivity contribution < 1.29 is 14.0 Å². The van der Waals surface area contributed by atoms with Gasteiger partial charge in [-0.3, -0.25) is 9.59 Å². The monoisotopic (exact) mass is 361 g/mol. The Balaban J connectivity index is 1.48. The summed E-state index contributed by atoms with van der Waals surface area (Å²) in [6.07, 6.45) is 8.32. The number of nitrogens with one attached hydrogen (secondary N) is 1. The predicted octanol–water partition coefficient (Wildman–Crippen LogP) is 2.52. The zero-order valence-corrected chi connectivity index (χ0v) is 15.2. The highest BCUT2D eigenvalue weighted by Crippen LogP contribution is 2.32. The topological polar surface area (TPSA) is 75.4 Å². The Kier molecular flexibility index (Phi) is 6.12. The lowest BCUT2D eigenvalue weighted by Gasteiger charge is -2.25. The maximum Gasteiger partial charge on any atom is 0.240 e. The zero-order valence-electron chi connectivity index (χ0n) is 15.2. The van der Waals surface area contributed by atoms with Crippen LogP contribution in [0.4, 0.5) is 10.1 Å². The van der Waals surface area contributed by atoms with E-state index < -0.39 is 11.9 Å². The van der Waals surface area contributed by atoms with Gasteiger partial charge in [-0.15, -0.1) is 0 Å². The average Bonchev–Trinajstić information content (AvgIpc) is 2.99. The number of fused-ring (bicyclic) bond motifs is 1. The molecule has 1 heterocycles. The molecule has 0 aromatic heterocycles. The van der Waals surface area contributed by atoms with Gasteiger partial charge in [-0.1, -0.05) is 32.1 Å². The summed E-state index contributed by atoms with van der Waals surface area (Å²) in [6.45, 7) is 0.936. The molecule has 2 amide bonds. The number of hydrogen-bond donors (Lipinski definition) is 2. The molecule has 2 aliphatic rings. The third kappa shape index (κ3) is 4.54. The quantitative estimate of drug-likeness (QED) is 0.784. The van der Waals surface area contributed by atoms with Gasteiger partial charge in [-0.05, 0) is 36.1 Å². The van der Waals surface area contributed by atoms with Crippen LogP contribution >= 0.6 is 0 Å². The number of carbonyl (C=O) groups excluding carboxylic acids is 2. The van der Waals surface area contributed by atoms with E-state index in [2.05, 4.69) is 5.32 Å². The number of rotatable bonds is 7. The van der Waals surface area contributed by atoms with Crippen LogP contribution in [0.1, 0.15) is 50.5 Å². The van der Waals surface area contributed by atoms with Gasteiger partial charge in [0.25, 0.3) is 0 Å². The second-order valence-electron chi connectivity index (χ2n) is 7.48. The van der Waals surface area contributed by atoms with Crippen LogP contribution in [0.2, 0.25) is 0 Å². The molecule has 1 saturated carbocycles. The van der Waals surface area contributed by atoms with Crippen molar-refractivity contribution in [3.63, 3.8) is 0 Å².